The third-order valence-corrected chi connectivity index (χ3v) is 12.8. The van der Waals surface area contributed by atoms with E-state index in [1.807, 2.05) is 48.5 Å². The molecule has 0 unspecified atom stereocenters. The SMILES string of the molecule is c1ccc(-c2ccc(-c3nc(-c4ccc(-c5ccc(-c6ccc(-c7nc(-c8ccc(-c9ccccc9)cc8)nc8c7oc7ccccc78)cc6)cc5)cc4)c4oc5ccccc5c4n3)cc2)cc1. The van der Waals surface area contributed by atoms with Crippen LogP contribution in [0.1, 0.15) is 0 Å². The molecule has 0 N–H and O–H groups in total. The Morgan fingerprint density at radius 3 is 0.824 bits per heavy atom. The lowest BCUT2D eigenvalue weighted by atomic mass is 9.98. The average Bonchev–Trinajstić information content (AvgIpc) is 4.00. The second kappa shape index (κ2) is 16.3. The first-order valence-corrected chi connectivity index (χ1v) is 22.7. The van der Waals surface area contributed by atoms with Crippen molar-refractivity contribution in [3.05, 3.63) is 231 Å². The van der Waals surface area contributed by atoms with Crippen molar-refractivity contribution in [1.29, 1.82) is 0 Å². The highest BCUT2D eigenvalue weighted by molar-refractivity contribution is 6.08. The van der Waals surface area contributed by atoms with Gasteiger partial charge in [-0.3, -0.25) is 0 Å². The van der Waals surface area contributed by atoms with Crippen molar-refractivity contribution >= 4 is 44.1 Å². The number of nitrogens with zero attached hydrogens (tertiary/aromatic N) is 4. The molecule has 0 aliphatic rings. The fraction of sp³-hybridized carbons (Fsp3) is 0. The molecule has 6 nitrogen and oxygen atoms in total. The molecule has 318 valence electrons. The molecule has 0 bridgehead atoms. The first-order valence-electron chi connectivity index (χ1n) is 22.7. The van der Waals surface area contributed by atoms with E-state index in [4.69, 9.17) is 28.8 Å². The van der Waals surface area contributed by atoms with Crippen LogP contribution in [-0.4, -0.2) is 19.9 Å². The second-order valence-corrected chi connectivity index (χ2v) is 17.0. The molecule has 4 aromatic heterocycles. The van der Waals surface area contributed by atoms with Crippen LogP contribution in [0.3, 0.4) is 0 Å². The van der Waals surface area contributed by atoms with E-state index in [2.05, 4.69) is 182 Å². The Bertz CT molecular complexity index is 3690. The van der Waals surface area contributed by atoms with Gasteiger partial charge in [0, 0.05) is 33.0 Å². The van der Waals surface area contributed by atoms with Gasteiger partial charge in [0.05, 0.1) is 0 Å². The summed E-state index contributed by atoms with van der Waals surface area (Å²) >= 11 is 0. The maximum atomic E-state index is 6.44. The molecule has 6 heteroatoms. The molecule has 0 amide bonds. The number of para-hydroxylation sites is 2. The summed E-state index contributed by atoms with van der Waals surface area (Å²) in [5, 5.41) is 1.93. The van der Waals surface area contributed by atoms with Gasteiger partial charge in [0.1, 0.15) is 33.6 Å². The minimum atomic E-state index is 0.654. The summed E-state index contributed by atoms with van der Waals surface area (Å²) < 4.78 is 12.9. The van der Waals surface area contributed by atoms with Crippen LogP contribution in [0.4, 0.5) is 0 Å². The molecule has 0 atom stereocenters. The Morgan fingerprint density at radius 1 is 0.221 bits per heavy atom. The van der Waals surface area contributed by atoms with Crippen molar-refractivity contribution in [3.63, 3.8) is 0 Å². The van der Waals surface area contributed by atoms with E-state index in [0.717, 1.165) is 100.0 Å². The Hall–Kier alpha value is -9.26. The van der Waals surface area contributed by atoms with E-state index < -0.39 is 0 Å². The summed E-state index contributed by atoms with van der Waals surface area (Å²) in [7, 11) is 0. The molecule has 68 heavy (non-hydrogen) atoms. The van der Waals surface area contributed by atoms with Gasteiger partial charge in [0.25, 0.3) is 0 Å². The van der Waals surface area contributed by atoms with Crippen LogP contribution in [0.25, 0.3) is 134 Å². The zero-order valence-electron chi connectivity index (χ0n) is 36.5. The minimum Gasteiger partial charge on any atom is -0.452 e. The third-order valence-electron chi connectivity index (χ3n) is 12.8. The van der Waals surface area contributed by atoms with Gasteiger partial charge >= 0.3 is 0 Å². The van der Waals surface area contributed by atoms with Crippen LogP contribution in [0.15, 0.2) is 239 Å². The summed E-state index contributed by atoms with van der Waals surface area (Å²) in [6, 6.07) is 79.5. The van der Waals surface area contributed by atoms with Crippen LogP contribution in [-0.2, 0) is 0 Å². The van der Waals surface area contributed by atoms with Gasteiger partial charge < -0.3 is 8.83 Å². The van der Waals surface area contributed by atoms with Gasteiger partial charge in [-0.1, -0.05) is 206 Å². The average molecular weight is 871 g/mol. The Morgan fingerprint density at radius 2 is 0.485 bits per heavy atom. The molecule has 0 saturated carbocycles. The molecule has 0 aliphatic carbocycles. The van der Waals surface area contributed by atoms with Crippen molar-refractivity contribution in [1.82, 2.24) is 19.9 Å². The fourth-order valence-corrected chi connectivity index (χ4v) is 9.21. The predicted molar refractivity (Wildman–Crippen MR) is 276 cm³/mol. The molecule has 4 heterocycles. The van der Waals surface area contributed by atoms with E-state index in [1.54, 1.807) is 0 Å². The van der Waals surface area contributed by atoms with E-state index in [1.165, 1.54) is 11.1 Å². The highest BCUT2D eigenvalue weighted by atomic mass is 16.3. The lowest BCUT2D eigenvalue weighted by Gasteiger charge is -2.10. The number of furan rings is 2. The van der Waals surface area contributed by atoms with Gasteiger partial charge in [-0.15, -0.1) is 0 Å². The number of hydrogen-bond donors (Lipinski definition) is 0. The van der Waals surface area contributed by atoms with Crippen LogP contribution in [0, 0.1) is 0 Å². The van der Waals surface area contributed by atoms with Crippen LogP contribution >= 0.6 is 0 Å². The molecule has 0 saturated heterocycles. The van der Waals surface area contributed by atoms with Crippen molar-refractivity contribution in [2.75, 3.05) is 0 Å². The van der Waals surface area contributed by atoms with Gasteiger partial charge in [-0.2, -0.15) is 0 Å². The Labute approximate surface area is 391 Å². The van der Waals surface area contributed by atoms with Gasteiger partial charge in [0.15, 0.2) is 22.8 Å². The summed E-state index contributed by atoms with van der Waals surface area (Å²) in [6.07, 6.45) is 0. The molecule has 0 radical (unpaired) electrons. The van der Waals surface area contributed by atoms with Gasteiger partial charge in [-0.25, -0.2) is 19.9 Å². The number of benzene rings is 9. The lowest BCUT2D eigenvalue weighted by Crippen LogP contribution is -1.94. The van der Waals surface area contributed by atoms with Crippen LogP contribution in [0.2, 0.25) is 0 Å². The van der Waals surface area contributed by atoms with Gasteiger partial charge in [-0.05, 0) is 68.8 Å². The first-order chi connectivity index (χ1) is 33.7. The quantitative estimate of drug-likeness (QED) is 0.151. The summed E-state index contributed by atoms with van der Waals surface area (Å²) in [6.45, 7) is 0. The van der Waals surface area contributed by atoms with E-state index in [0.29, 0.717) is 22.8 Å². The van der Waals surface area contributed by atoms with Crippen molar-refractivity contribution < 1.29 is 8.83 Å². The summed E-state index contributed by atoms with van der Waals surface area (Å²) in [5.41, 5.74) is 18.9. The van der Waals surface area contributed by atoms with Crippen molar-refractivity contribution in [2.24, 2.45) is 0 Å². The highest BCUT2D eigenvalue weighted by Crippen LogP contribution is 2.39. The smallest absolute Gasteiger partial charge is 0.180 e. The monoisotopic (exact) mass is 870 g/mol. The van der Waals surface area contributed by atoms with Gasteiger partial charge in [0.2, 0.25) is 0 Å². The zero-order valence-corrected chi connectivity index (χ0v) is 36.5. The largest absolute Gasteiger partial charge is 0.452 e. The zero-order chi connectivity index (χ0) is 45.0. The van der Waals surface area contributed by atoms with Crippen LogP contribution in [0.5, 0.6) is 0 Å². The third kappa shape index (κ3) is 7.00. The van der Waals surface area contributed by atoms with Crippen molar-refractivity contribution in [2.45, 2.75) is 0 Å². The number of aromatic nitrogens is 4. The van der Waals surface area contributed by atoms with E-state index >= 15 is 0 Å². The lowest BCUT2D eigenvalue weighted by molar-refractivity contribution is 0.667. The topological polar surface area (TPSA) is 77.8 Å². The normalized spacial score (nSPS) is 11.5. The Kier molecular flexibility index (Phi) is 9.39. The maximum absolute atomic E-state index is 6.44. The molecule has 9 aromatic carbocycles. The van der Waals surface area contributed by atoms with Crippen molar-refractivity contribution in [3.8, 4) is 89.8 Å². The van der Waals surface area contributed by atoms with Crippen LogP contribution < -0.4 is 0 Å². The summed E-state index contributed by atoms with van der Waals surface area (Å²) in [4.78, 5) is 20.4. The fourth-order valence-electron chi connectivity index (χ4n) is 9.21. The molecule has 13 rings (SSSR count). The molecular weight excluding hydrogens is 833 g/mol. The minimum absolute atomic E-state index is 0.654. The molecule has 0 aliphatic heterocycles. The number of fused-ring (bicyclic) bond motifs is 6. The predicted octanol–water partition coefficient (Wildman–Crippen LogP) is 16.4. The Balaban J connectivity index is 0.792. The number of rotatable bonds is 8. The first kappa shape index (κ1) is 39.1. The second-order valence-electron chi connectivity index (χ2n) is 17.0. The standard InChI is InChI=1S/C62H38N4O2/c1-3-11-39(12-4-1)41-27-35-49(36-28-41)61-63-55(59-57(65-61)51-15-7-9-17-53(51)67-59)47-31-23-45(24-32-47)43-19-21-44(22-20-43)46-25-33-48(34-26-46)56-60-58(52-16-8-10-18-54(52)68-60)66-62(64-56)50-37-29-42(30-38-50)40-13-5-2-6-14-40/h1-38H. The van der Waals surface area contributed by atoms with E-state index in [-0.39, 0.29) is 0 Å². The molecular formula is C62H38N4O2. The highest BCUT2D eigenvalue weighted by Gasteiger charge is 2.20. The molecule has 0 fully saturated rings. The molecule has 13 aromatic rings. The molecule has 0 spiro atoms. The summed E-state index contributed by atoms with van der Waals surface area (Å²) in [5.74, 6) is 1.31. The maximum Gasteiger partial charge on any atom is 0.180 e. The van der Waals surface area contributed by atoms with E-state index in [9.17, 15) is 0 Å². The number of hydrogen-bond acceptors (Lipinski definition) is 6.